The number of ether oxygens (including phenoxy) is 1. The van der Waals surface area contributed by atoms with E-state index in [4.69, 9.17) is 21.4 Å². The van der Waals surface area contributed by atoms with Crippen molar-refractivity contribution >= 4 is 56.4 Å². The highest BCUT2D eigenvalue weighted by Crippen LogP contribution is 2.28. The highest BCUT2D eigenvalue weighted by atomic mass is 79.9. The predicted molar refractivity (Wildman–Crippen MR) is 117 cm³/mol. The van der Waals surface area contributed by atoms with Crippen LogP contribution in [0, 0.1) is 0 Å². The number of hydrogen-bond donors (Lipinski definition) is 3. The van der Waals surface area contributed by atoms with E-state index in [1.807, 2.05) is 6.07 Å². The van der Waals surface area contributed by atoms with Gasteiger partial charge in [-0.2, -0.15) is 0 Å². The summed E-state index contributed by atoms with van der Waals surface area (Å²) in [5.41, 5.74) is 1.50. The Morgan fingerprint density at radius 1 is 1.03 bits per heavy atom. The molecule has 7 nitrogen and oxygen atoms in total. The molecule has 2 amide bonds. The molecular formula is C20H16BrN3O4S. The van der Waals surface area contributed by atoms with Crippen molar-refractivity contribution in [2.45, 2.75) is 0 Å². The molecule has 148 valence electrons. The van der Waals surface area contributed by atoms with Crippen molar-refractivity contribution in [1.29, 1.82) is 0 Å². The lowest BCUT2D eigenvalue weighted by atomic mass is 10.2. The van der Waals surface area contributed by atoms with Gasteiger partial charge in [0.25, 0.3) is 11.8 Å². The number of halogens is 1. The van der Waals surface area contributed by atoms with Crippen molar-refractivity contribution in [3.05, 3.63) is 76.7 Å². The molecule has 0 saturated heterocycles. The summed E-state index contributed by atoms with van der Waals surface area (Å²) >= 11 is 8.54. The number of nitrogens with one attached hydrogen (secondary N) is 3. The van der Waals surface area contributed by atoms with Crippen LogP contribution in [-0.2, 0) is 0 Å². The van der Waals surface area contributed by atoms with Gasteiger partial charge < -0.3 is 19.8 Å². The van der Waals surface area contributed by atoms with Gasteiger partial charge in [-0.3, -0.25) is 14.9 Å². The maximum atomic E-state index is 12.3. The van der Waals surface area contributed by atoms with Gasteiger partial charge in [-0.25, -0.2) is 0 Å². The average molecular weight is 474 g/mol. The Morgan fingerprint density at radius 3 is 2.52 bits per heavy atom. The van der Waals surface area contributed by atoms with Crippen molar-refractivity contribution in [3.8, 4) is 5.75 Å². The topological polar surface area (TPSA) is 92.6 Å². The Labute approximate surface area is 180 Å². The van der Waals surface area contributed by atoms with Crippen LogP contribution >= 0.6 is 28.1 Å². The fourth-order valence-corrected chi connectivity index (χ4v) is 3.12. The summed E-state index contributed by atoms with van der Waals surface area (Å²) in [5, 5.41) is 8.37. The molecule has 29 heavy (non-hydrogen) atoms. The lowest BCUT2D eigenvalue weighted by molar-refractivity contribution is 0.0974. The highest BCUT2D eigenvalue weighted by molar-refractivity contribution is 9.10. The molecule has 0 unspecified atom stereocenters. The summed E-state index contributed by atoms with van der Waals surface area (Å²) < 4.78 is 11.1. The fraction of sp³-hybridized carbons (Fsp3) is 0.0500. The zero-order valence-corrected chi connectivity index (χ0v) is 17.6. The van der Waals surface area contributed by atoms with Crippen LogP contribution in [0.15, 0.2) is 69.8 Å². The number of hydrogen-bond acceptors (Lipinski definition) is 5. The highest BCUT2D eigenvalue weighted by Gasteiger charge is 2.14. The van der Waals surface area contributed by atoms with E-state index in [2.05, 4.69) is 31.9 Å². The number of rotatable bonds is 5. The quantitative estimate of drug-likeness (QED) is 0.474. The largest absolute Gasteiger partial charge is 0.494 e. The first kappa shape index (κ1) is 20.6. The van der Waals surface area contributed by atoms with Gasteiger partial charge in [-0.15, -0.1) is 0 Å². The van der Waals surface area contributed by atoms with E-state index in [0.29, 0.717) is 27.2 Å². The number of anilines is 2. The Balaban J connectivity index is 1.66. The smallest absolute Gasteiger partial charge is 0.291 e. The monoisotopic (exact) mass is 473 g/mol. The summed E-state index contributed by atoms with van der Waals surface area (Å²) in [6.07, 6.45) is 1.42. The second kappa shape index (κ2) is 9.35. The molecule has 0 bridgehead atoms. The van der Waals surface area contributed by atoms with Crippen molar-refractivity contribution in [2.75, 3.05) is 17.7 Å². The molecule has 9 heteroatoms. The van der Waals surface area contributed by atoms with Crippen LogP contribution in [0.5, 0.6) is 5.75 Å². The maximum absolute atomic E-state index is 12.3. The molecule has 0 radical (unpaired) electrons. The molecule has 0 atom stereocenters. The van der Waals surface area contributed by atoms with E-state index < -0.39 is 5.91 Å². The number of carbonyl (C=O) groups excluding carboxylic acids is 2. The summed E-state index contributed by atoms with van der Waals surface area (Å²) in [7, 11) is 1.48. The first-order valence-electron chi connectivity index (χ1n) is 8.37. The zero-order chi connectivity index (χ0) is 20.8. The Hall–Kier alpha value is -3.17. The lowest BCUT2D eigenvalue weighted by Crippen LogP contribution is -2.34. The van der Waals surface area contributed by atoms with Crippen LogP contribution in [0.25, 0.3) is 0 Å². The molecule has 2 aromatic carbocycles. The normalized spacial score (nSPS) is 10.1. The third kappa shape index (κ3) is 5.21. The minimum Gasteiger partial charge on any atom is -0.494 e. The molecule has 0 fully saturated rings. The standard InChI is InChI=1S/C20H16BrN3O4S/c1-27-17-11-12(8-9-15(17)23-19(26)16-7-4-10-28-16)22-20(29)24-18(25)13-5-2-3-6-14(13)21/h2-11H,1H3,(H,23,26)(H2,22,24,25,29). The van der Waals surface area contributed by atoms with Gasteiger partial charge in [0, 0.05) is 16.2 Å². The minimum absolute atomic E-state index is 0.125. The van der Waals surface area contributed by atoms with Crippen LogP contribution in [0.2, 0.25) is 0 Å². The van der Waals surface area contributed by atoms with Gasteiger partial charge >= 0.3 is 0 Å². The number of thiocarbonyl (C=S) groups is 1. The number of benzene rings is 2. The van der Waals surface area contributed by atoms with Crippen LogP contribution in [0.1, 0.15) is 20.9 Å². The van der Waals surface area contributed by atoms with Gasteiger partial charge in [0.05, 0.1) is 24.6 Å². The maximum Gasteiger partial charge on any atom is 0.291 e. The van der Waals surface area contributed by atoms with Crippen LogP contribution in [0.4, 0.5) is 11.4 Å². The minimum atomic E-state index is -0.398. The van der Waals surface area contributed by atoms with Gasteiger partial charge in [0.1, 0.15) is 5.75 Å². The molecule has 1 heterocycles. The summed E-state index contributed by atoms with van der Waals surface area (Å²) in [6.45, 7) is 0. The molecule has 0 spiro atoms. The van der Waals surface area contributed by atoms with Gasteiger partial charge in [0.2, 0.25) is 0 Å². The lowest BCUT2D eigenvalue weighted by Gasteiger charge is -2.14. The number of amides is 2. The molecule has 0 saturated carbocycles. The Bertz CT molecular complexity index is 1050. The summed E-state index contributed by atoms with van der Waals surface area (Å²) in [5.74, 6) is -0.144. The van der Waals surface area contributed by atoms with E-state index in [1.54, 1.807) is 48.5 Å². The third-order valence-corrected chi connectivity index (χ3v) is 4.69. The second-order valence-electron chi connectivity index (χ2n) is 5.73. The Kier molecular flexibility index (Phi) is 6.63. The number of methoxy groups -OCH3 is 1. The first-order chi connectivity index (χ1) is 14.0. The number of furan rings is 1. The van der Waals surface area contributed by atoms with Crippen molar-refractivity contribution in [3.63, 3.8) is 0 Å². The molecule has 0 aliphatic rings. The molecule has 3 aromatic rings. The van der Waals surface area contributed by atoms with E-state index in [-0.39, 0.29) is 16.8 Å². The predicted octanol–water partition coefficient (Wildman–Crippen LogP) is 4.43. The molecule has 1 aromatic heterocycles. The molecule has 3 N–H and O–H groups in total. The van der Waals surface area contributed by atoms with Crippen LogP contribution < -0.4 is 20.7 Å². The fourth-order valence-electron chi connectivity index (χ4n) is 2.44. The second-order valence-corrected chi connectivity index (χ2v) is 7.00. The summed E-state index contributed by atoms with van der Waals surface area (Å²) in [4.78, 5) is 24.5. The molecule has 0 aliphatic heterocycles. The third-order valence-electron chi connectivity index (χ3n) is 3.80. The molecule has 3 rings (SSSR count). The van der Waals surface area contributed by atoms with E-state index in [1.165, 1.54) is 13.4 Å². The van der Waals surface area contributed by atoms with Gasteiger partial charge in [-0.05, 0) is 64.5 Å². The van der Waals surface area contributed by atoms with E-state index >= 15 is 0 Å². The molecule has 0 aliphatic carbocycles. The van der Waals surface area contributed by atoms with Gasteiger partial charge in [0.15, 0.2) is 10.9 Å². The summed E-state index contributed by atoms with van der Waals surface area (Å²) in [6, 6.07) is 15.2. The van der Waals surface area contributed by atoms with Crippen molar-refractivity contribution < 1.29 is 18.7 Å². The van der Waals surface area contributed by atoms with Crippen molar-refractivity contribution in [1.82, 2.24) is 5.32 Å². The first-order valence-corrected chi connectivity index (χ1v) is 9.58. The van der Waals surface area contributed by atoms with E-state index in [9.17, 15) is 9.59 Å². The number of carbonyl (C=O) groups is 2. The van der Waals surface area contributed by atoms with E-state index in [0.717, 1.165) is 0 Å². The Morgan fingerprint density at radius 2 is 1.83 bits per heavy atom. The van der Waals surface area contributed by atoms with Crippen LogP contribution in [0.3, 0.4) is 0 Å². The SMILES string of the molecule is COc1cc(NC(=S)NC(=O)c2ccccc2Br)ccc1NC(=O)c1ccco1. The zero-order valence-electron chi connectivity index (χ0n) is 15.2. The van der Waals surface area contributed by atoms with Crippen molar-refractivity contribution in [2.24, 2.45) is 0 Å². The average Bonchev–Trinajstić information content (AvgIpc) is 3.24. The van der Waals surface area contributed by atoms with Gasteiger partial charge in [-0.1, -0.05) is 12.1 Å². The molecular weight excluding hydrogens is 458 g/mol. The van der Waals surface area contributed by atoms with Crippen LogP contribution in [-0.4, -0.2) is 24.0 Å².